The van der Waals surface area contributed by atoms with Gasteiger partial charge in [-0.05, 0) is 25.3 Å². The van der Waals surface area contributed by atoms with Crippen LogP contribution >= 0.6 is 0 Å². The molecule has 0 aromatic heterocycles. The van der Waals surface area contributed by atoms with Gasteiger partial charge in [0, 0.05) is 6.04 Å². The minimum absolute atomic E-state index is 0.214. The van der Waals surface area contributed by atoms with Crippen molar-refractivity contribution in [3.8, 4) is 6.07 Å². The summed E-state index contributed by atoms with van der Waals surface area (Å²) in [5, 5.41) is 8.67. The van der Waals surface area contributed by atoms with E-state index in [1.807, 2.05) is 0 Å². The van der Waals surface area contributed by atoms with E-state index in [9.17, 15) is 0 Å². The van der Waals surface area contributed by atoms with E-state index in [0.717, 1.165) is 24.3 Å². The molecule has 0 radical (unpaired) electrons. The molecule has 1 aliphatic heterocycles. The van der Waals surface area contributed by atoms with Gasteiger partial charge in [-0.25, -0.2) is 0 Å². The van der Waals surface area contributed by atoms with Crippen LogP contribution in [-0.4, -0.2) is 24.0 Å². The van der Waals surface area contributed by atoms with Gasteiger partial charge in [-0.3, -0.25) is 4.90 Å². The van der Waals surface area contributed by atoms with Crippen LogP contribution in [0, 0.1) is 23.2 Å². The van der Waals surface area contributed by atoms with Crippen molar-refractivity contribution in [2.24, 2.45) is 11.8 Å². The Morgan fingerprint density at radius 1 is 1.60 bits per heavy atom. The van der Waals surface area contributed by atoms with Crippen molar-refractivity contribution in [1.82, 2.24) is 4.90 Å². The second kappa shape index (κ2) is 1.73. The van der Waals surface area contributed by atoms with Crippen LogP contribution in [0.5, 0.6) is 0 Å². The Balaban J connectivity index is 2.08. The quantitative estimate of drug-likeness (QED) is 0.493. The summed E-state index contributed by atoms with van der Waals surface area (Å²) in [7, 11) is 2.07. The van der Waals surface area contributed by atoms with Gasteiger partial charge in [0.1, 0.15) is 0 Å². The lowest BCUT2D eigenvalue weighted by molar-refractivity contribution is 0.295. The highest BCUT2D eigenvalue weighted by molar-refractivity contribution is 5.14. The molecule has 0 amide bonds. The fraction of sp³-hybridized carbons (Fsp3) is 0.875. The fourth-order valence-corrected chi connectivity index (χ4v) is 2.32. The third kappa shape index (κ3) is 0.564. The first-order chi connectivity index (χ1) is 4.75. The summed E-state index contributed by atoms with van der Waals surface area (Å²) in [6.07, 6.45) is 1.11. The van der Waals surface area contributed by atoms with Crippen LogP contribution < -0.4 is 0 Å². The van der Waals surface area contributed by atoms with Crippen LogP contribution in [0.2, 0.25) is 0 Å². The second-order valence-electron chi connectivity index (χ2n) is 3.56. The number of hydrogen-bond donors (Lipinski definition) is 0. The number of piperidine rings is 1. The fourth-order valence-electron chi connectivity index (χ4n) is 2.32. The highest BCUT2D eigenvalue weighted by Gasteiger charge is 2.56. The molecule has 10 heavy (non-hydrogen) atoms. The SMILES string of the molecule is C[C@H]1C2CC(C#N)N(C)C21. The van der Waals surface area contributed by atoms with Crippen molar-refractivity contribution in [2.45, 2.75) is 25.4 Å². The Morgan fingerprint density at radius 3 is 2.70 bits per heavy atom. The van der Waals surface area contributed by atoms with Gasteiger partial charge in [0.05, 0.1) is 12.1 Å². The zero-order valence-corrected chi connectivity index (χ0v) is 6.41. The van der Waals surface area contributed by atoms with E-state index in [1.165, 1.54) is 0 Å². The third-order valence-electron chi connectivity index (χ3n) is 3.12. The summed E-state index contributed by atoms with van der Waals surface area (Å²) < 4.78 is 0. The van der Waals surface area contributed by atoms with Gasteiger partial charge in [-0.15, -0.1) is 0 Å². The van der Waals surface area contributed by atoms with Crippen molar-refractivity contribution in [1.29, 1.82) is 5.26 Å². The van der Waals surface area contributed by atoms with Gasteiger partial charge in [0.15, 0.2) is 0 Å². The van der Waals surface area contributed by atoms with E-state index in [4.69, 9.17) is 5.26 Å². The second-order valence-corrected chi connectivity index (χ2v) is 3.56. The summed E-state index contributed by atoms with van der Waals surface area (Å²) in [4.78, 5) is 2.23. The van der Waals surface area contributed by atoms with Gasteiger partial charge in [-0.1, -0.05) is 6.92 Å². The molecule has 0 aromatic rings. The zero-order valence-electron chi connectivity index (χ0n) is 6.41. The summed E-state index contributed by atoms with van der Waals surface area (Å²) in [6.45, 7) is 2.28. The number of nitriles is 1. The molecule has 1 aliphatic carbocycles. The van der Waals surface area contributed by atoms with Crippen LogP contribution in [0.25, 0.3) is 0 Å². The molecule has 2 aliphatic rings. The summed E-state index contributed by atoms with van der Waals surface area (Å²) in [6, 6.07) is 3.28. The van der Waals surface area contributed by atoms with Crippen molar-refractivity contribution < 1.29 is 0 Å². The van der Waals surface area contributed by atoms with Crippen LogP contribution in [0.1, 0.15) is 13.3 Å². The lowest BCUT2D eigenvalue weighted by Crippen LogP contribution is -2.28. The molecule has 0 spiro atoms. The first kappa shape index (κ1) is 6.18. The topological polar surface area (TPSA) is 27.0 Å². The van der Waals surface area contributed by atoms with Gasteiger partial charge in [0.25, 0.3) is 0 Å². The maximum atomic E-state index is 8.67. The van der Waals surface area contributed by atoms with Gasteiger partial charge < -0.3 is 0 Å². The predicted octanol–water partition coefficient (Wildman–Crippen LogP) is 0.849. The van der Waals surface area contributed by atoms with Gasteiger partial charge in [-0.2, -0.15) is 5.26 Å². The first-order valence-corrected chi connectivity index (χ1v) is 3.87. The third-order valence-corrected chi connectivity index (χ3v) is 3.12. The van der Waals surface area contributed by atoms with Crippen LogP contribution in [0.15, 0.2) is 0 Å². The summed E-state index contributed by atoms with van der Waals surface area (Å²) in [5.41, 5.74) is 0. The maximum Gasteiger partial charge on any atom is 0.0981 e. The average Bonchev–Trinajstić information content (AvgIpc) is 2.38. The smallest absolute Gasteiger partial charge is 0.0981 e. The molecule has 0 bridgehead atoms. The minimum atomic E-state index is 0.214. The van der Waals surface area contributed by atoms with Crippen LogP contribution in [-0.2, 0) is 0 Å². The summed E-state index contributed by atoms with van der Waals surface area (Å²) >= 11 is 0. The Labute approximate surface area is 61.4 Å². The Hall–Kier alpha value is -0.550. The average molecular weight is 136 g/mol. The first-order valence-electron chi connectivity index (χ1n) is 3.87. The molecule has 2 fully saturated rings. The Bertz CT molecular complexity index is 194. The molecule has 2 nitrogen and oxygen atoms in total. The normalized spacial score (nSPS) is 52.1. The Kier molecular flexibility index (Phi) is 1.07. The number of rotatable bonds is 0. The molecular formula is C8H12N2. The molecule has 4 atom stereocenters. The monoisotopic (exact) mass is 136 g/mol. The molecule has 1 saturated heterocycles. The molecule has 1 saturated carbocycles. The molecule has 2 heteroatoms. The van der Waals surface area contributed by atoms with Gasteiger partial charge in [0.2, 0.25) is 0 Å². The minimum Gasteiger partial charge on any atom is -0.288 e. The molecule has 3 unspecified atom stereocenters. The molecule has 0 N–H and O–H groups in total. The van der Waals surface area contributed by atoms with E-state index in [2.05, 4.69) is 24.9 Å². The number of fused-ring (bicyclic) bond motifs is 1. The standard InChI is InChI=1S/C8H12N2/c1-5-7-3-6(4-9)10(2)8(5)7/h5-8H,3H2,1-2H3/t5-,6?,7?,8?/m0/s1. The summed E-state index contributed by atoms with van der Waals surface area (Å²) in [5.74, 6) is 1.70. The molecule has 1 heterocycles. The van der Waals surface area contributed by atoms with Crippen molar-refractivity contribution >= 4 is 0 Å². The molecule has 0 aromatic carbocycles. The highest BCUT2D eigenvalue weighted by Crippen LogP contribution is 2.51. The van der Waals surface area contributed by atoms with Gasteiger partial charge >= 0.3 is 0 Å². The van der Waals surface area contributed by atoms with E-state index >= 15 is 0 Å². The Morgan fingerprint density at radius 2 is 2.30 bits per heavy atom. The van der Waals surface area contributed by atoms with Crippen LogP contribution in [0.3, 0.4) is 0 Å². The van der Waals surface area contributed by atoms with Crippen molar-refractivity contribution in [3.63, 3.8) is 0 Å². The zero-order chi connectivity index (χ0) is 7.30. The van der Waals surface area contributed by atoms with Crippen LogP contribution in [0.4, 0.5) is 0 Å². The van der Waals surface area contributed by atoms with E-state index in [-0.39, 0.29) is 6.04 Å². The largest absolute Gasteiger partial charge is 0.288 e. The molecule has 2 rings (SSSR count). The molecular weight excluding hydrogens is 124 g/mol. The van der Waals surface area contributed by atoms with Crippen molar-refractivity contribution in [3.05, 3.63) is 0 Å². The van der Waals surface area contributed by atoms with E-state index in [1.54, 1.807) is 0 Å². The lowest BCUT2D eigenvalue weighted by atomic mass is 10.1. The predicted molar refractivity (Wildman–Crippen MR) is 38.2 cm³/mol. The maximum absolute atomic E-state index is 8.67. The molecule has 54 valence electrons. The number of hydrogen-bond acceptors (Lipinski definition) is 2. The van der Waals surface area contributed by atoms with E-state index in [0.29, 0.717) is 0 Å². The van der Waals surface area contributed by atoms with Crippen molar-refractivity contribution in [2.75, 3.05) is 7.05 Å². The number of nitrogens with zero attached hydrogens (tertiary/aromatic N) is 2. The van der Waals surface area contributed by atoms with E-state index < -0.39 is 0 Å². The number of likely N-dealkylation sites (tertiary alicyclic amines) is 1. The lowest BCUT2D eigenvalue weighted by Gasteiger charge is -2.16. The highest BCUT2D eigenvalue weighted by atomic mass is 15.2.